The number of nitrogens with zero attached hydrogens (tertiary/aromatic N) is 1. The summed E-state index contributed by atoms with van der Waals surface area (Å²) in [4.78, 5) is 28.4. The molecule has 1 heterocycles. The van der Waals surface area contributed by atoms with Crippen molar-refractivity contribution in [2.45, 2.75) is 37.0 Å². The first-order chi connectivity index (χ1) is 11.5. The van der Waals surface area contributed by atoms with Crippen LogP contribution in [0, 0.1) is 0 Å². The highest BCUT2D eigenvalue weighted by atomic mass is 32.2. The van der Waals surface area contributed by atoms with Crippen molar-refractivity contribution < 1.29 is 9.59 Å². The predicted molar refractivity (Wildman–Crippen MR) is 96.9 cm³/mol. The normalized spacial score (nSPS) is 13.0. The molecule has 0 aliphatic rings. The first-order valence-corrected chi connectivity index (χ1v) is 8.58. The lowest BCUT2D eigenvalue weighted by Crippen LogP contribution is -2.33. The van der Waals surface area contributed by atoms with Crippen molar-refractivity contribution in [1.82, 2.24) is 10.3 Å². The van der Waals surface area contributed by atoms with Gasteiger partial charge in [0, 0.05) is 29.9 Å². The van der Waals surface area contributed by atoms with Crippen molar-refractivity contribution in [3.63, 3.8) is 0 Å². The van der Waals surface area contributed by atoms with E-state index >= 15 is 0 Å². The van der Waals surface area contributed by atoms with Crippen LogP contribution in [-0.4, -0.2) is 22.0 Å². The smallest absolute Gasteiger partial charge is 0.233 e. The van der Waals surface area contributed by atoms with Gasteiger partial charge in [-0.15, -0.1) is 11.8 Å². The van der Waals surface area contributed by atoms with E-state index in [1.54, 1.807) is 12.4 Å². The van der Waals surface area contributed by atoms with Gasteiger partial charge in [-0.05, 0) is 49.7 Å². The highest BCUT2D eigenvalue weighted by molar-refractivity contribution is 8.00. The van der Waals surface area contributed by atoms with Gasteiger partial charge in [0.15, 0.2) is 0 Å². The van der Waals surface area contributed by atoms with Crippen LogP contribution >= 0.6 is 11.8 Å². The SMILES string of the molecule is CC(=O)Nc1ccc(SC(C)C(=O)NC(C)c2cccnc2)cc1. The topological polar surface area (TPSA) is 71.1 Å². The summed E-state index contributed by atoms with van der Waals surface area (Å²) in [5.41, 5.74) is 1.72. The second-order valence-electron chi connectivity index (χ2n) is 5.48. The zero-order valence-electron chi connectivity index (χ0n) is 13.9. The summed E-state index contributed by atoms with van der Waals surface area (Å²) in [7, 11) is 0. The Labute approximate surface area is 146 Å². The summed E-state index contributed by atoms with van der Waals surface area (Å²) in [6, 6.07) is 11.1. The van der Waals surface area contributed by atoms with Gasteiger partial charge in [0.25, 0.3) is 0 Å². The Morgan fingerprint density at radius 1 is 1.12 bits per heavy atom. The number of carbonyl (C=O) groups excluding carboxylic acids is 2. The van der Waals surface area contributed by atoms with Gasteiger partial charge in [-0.25, -0.2) is 0 Å². The number of nitrogens with one attached hydrogen (secondary N) is 2. The van der Waals surface area contributed by atoms with E-state index in [-0.39, 0.29) is 23.1 Å². The molecule has 1 aromatic carbocycles. The molecule has 0 spiro atoms. The number of pyridine rings is 1. The van der Waals surface area contributed by atoms with Gasteiger partial charge in [-0.1, -0.05) is 6.07 Å². The second kappa shape index (κ2) is 8.49. The molecule has 0 aliphatic heterocycles. The highest BCUT2D eigenvalue weighted by Crippen LogP contribution is 2.25. The van der Waals surface area contributed by atoms with Gasteiger partial charge in [0.05, 0.1) is 11.3 Å². The third-order valence-electron chi connectivity index (χ3n) is 3.40. The van der Waals surface area contributed by atoms with E-state index < -0.39 is 0 Å². The number of aromatic nitrogens is 1. The quantitative estimate of drug-likeness (QED) is 0.789. The number of amides is 2. The van der Waals surface area contributed by atoms with E-state index in [0.717, 1.165) is 16.1 Å². The maximum Gasteiger partial charge on any atom is 0.233 e. The maximum absolute atomic E-state index is 12.3. The van der Waals surface area contributed by atoms with Crippen LogP contribution < -0.4 is 10.6 Å². The molecule has 2 unspecified atom stereocenters. The molecular formula is C18H21N3O2S. The zero-order chi connectivity index (χ0) is 17.5. The lowest BCUT2D eigenvalue weighted by Gasteiger charge is -2.17. The average Bonchev–Trinajstić information content (AvgIpc) is 2.56. The first-order valence-electron chi connectivity index (χ1n) is 7.70. The average molecular weight is 343 g/mol. The Morgan fingerprint density at radius 3 is 2.42 bits per heavy atom. The van der Waals surface area contributed by atoms with Crippen molar-refractivity contribution in [1.29, 1.82) is 0 Å². The Balaban J connectivity index is 1.90. The molecule has 2 aromatic rings. The van der Waals surface area contributed by atoms with Crippen LogP contribution in [-0.2, 0) is 9.59 Å². The van der Waals surface area contributed by atoms with Crippen LogP contribution in [0.1, 0.15) is 32.4 Å². The number of thioether (sulfide) groups is 1. The molecule has 1 aromatic heterocycles. The molecule has 0 saturated carbocycles. The highest BCUT2D eigenvalue weighted by Gasteiger charge is 2.17. The van der Waals surface area contributed by atoms with E-state index in [9.17, 15) is 9.59 Å². The zero-order valence-corrected chi connectivity index (χ0v) is 14.8. The predicted octanol–water partition coefficient (Wildman–Crippen LogP) is 3.40. The minimum atomic E-state index is -0.226. The van der Waals surface area contributed by atoms with Crippen LogP contribution in [0.2, 0.25) is 0 Å². The number of benzene rings is 1. The number of hydrogen-bond donors (Lipinski definition) is 2. The van der Waals surface area contributed by atoms with Crippen LogP contribution in [0.3, 0.4) is 0 Å². The van der Waals surface area contributed by atoms with Crippen molar-refractivity contribution in [2.24, 2.45) is 0 Å². The van der Waals surface area contributed by atoms with Crippen LogP contribution in [0.25, 0.3) is 0 Å². The molecular weight excluding hydrogens is 322 g/mol. The molecule has 0 bridgehead atoms. The number of rotatable bonds is 6. The lowest BCUT2D eigenvalue weighted by atomic mass is 10.1. The maximum atomic E-state index is 12.3. The molecule has 0 radical (unpaired) electrons. The van der Waals surface area contributed by atoms with Crippen LogP contribution in [0.5, 0.6) is 0 Å². The molecule has 24 heavy (non-hydrogen) atoms. The molecule has 2 amide bonds. The fraction of sp³-hybridized carbons (Fsp3) is 0.278. The Bertz CT molecular complexity index is 689. The number of carbonyl (C=O) groups is 2. The molecule has 5 nitrogen and oxygen atoms in total. The second-order valence-corrected chi connectivity index (χ2v) is 6.90. The summed E-state index contributed by atoms with van der Waals surface area (Å²) in [6.45, 7) is 5.28. The largest absolute Gasteiger partial charge is 0.349 e. The summed E-state index contributed by atoms with van der Waals surface area (Å²) in [5.74, 6) is -0.130. The molecule has 2 atom stereocenters. The van der Waals surface area contributed by atoms with Crippen molar-refractivity contribution in [2.75, 3.05) is 5.32 Å². The molecule has 0 aliphatic carbocycles. The fourth-order valence-electron chi connectivity index (χ4n) is 2.12. The summed E-state index contributed by atoms with van der Waals surface area (Å²) >= 11 is 1.48. The molecule has 126 valence electrons. The van der Waals surface area contributed by atoms with E-state index in [0.29, 0.717) is 0 Å². The molecule has 0 saturated heterocycles. The lowest BCUT2D eigenvalue weighted by molar-refractivity contribution is -0.121. The number of hydrogen-bond acceptors (Lipinski definition) is 4. The molecule has 2 rings (SSSR count). The van der Waals surface area contributed by atoms with Gasteiger partial charge >= 0.3 is 0 Å². The third-order valence-corrected chi connectivity index (χ3v) is 4.51. The number of anilines is 1. The monoisotopic (exact) mass is 343 g/mol. The Kier molecular flexibility index (Phi) is 6.37. The minimum absolute atomic E-state index is 0.0257. The molecule has 2 N–H and O–H groups in total. The van der Waals surface area contributed by atoms with Crippen molar-refractivity contribution in [3.05, 3.63) is 54.4 Å². The summed E-state index contributed by atoms with van der Waals surface area (Å²) in [5, 5.41) is 5.49. The molecule has 0 fully saturated rings. The summed E-state index contributed by atoms with van der Waals surface area (Å²) < 4.78 is 0. The standard InChI is InChI=1S/C18H21N3O2S/c1-12(15-5-4-10-19-11-15)20-18(23)13(2)24-17-8-6-16(7-9-17)21-14(3)22/h4-13H,1-3H3,(H,20,23)(H,21,22). The Hall–Kier alpha value is -2.34. The minimum Gasteiger partial charge on any atom is -0.349 e. The van der Waals surface area contributed by atoms with Gasteiger partial charge in [-0.2, -0.15) is 0 Å². The first kappa shape index (κ1) is 18.0. The van der Waals surface area contributed by atoms with Crippen molar-refractivity contribution in [3.8, 4) is 0 Å². The van der Waals surface area contributed by atoms with Crippen molar-refractivity contribution >= 4 is 29.3 Å². The Morgan fingerprint density at radius 2 is 1.83 bits per heavy atom. The molecule has 6 heteroatoms. The van der Waals surface area contributed by atoms with Gasteiger partial charge < -0.3 is 10.6 Å². The van der Waals surface area contributed by atoms with Gasteiger partial charge in [-0.3, -0.25) is 14.6 Å². The van der Waals surface area contributed by atoms with Gasteiger partial charge in [0.1, 0.15) is 0 Å². The van der Waals surface area contributed by atoms with E-state index in [4.69, 9.17) is 0 Å². The van der Waals surface area contributed by atoms with E-state index in [1.807, 2.05) is 50.2 Å². The van der Waals surface area contributed by atoms with Crippen LogP contribution in [0.4, 0.5) is 5.69 Å². The van der Waals surface area contributed by atoms with E-state index in [2.05, 4.69) is 15.6 Å². The fourth-order valence-corrected chi connectivity index (χ4v) is 3.00. The van der Waals surface area contributed by atoms with Crippen LogP contribution in [0.15, 0.2) is 53.7 Å². The van der Waals surface area contributed by atoms with Gasteiger partial charge in [0.2, 0.25) is 11.8 Å². The third kappa shape index (κ3) is 5.38. The summed E-state index contributed by atoms with van der Waals surface area (Å²) in [6.07, 6.45) is 3.46. The van der Waals surface area contributed by atoms with E-state index in [1.165, 1.54) is 18.7 Å².